The Balaban J connectivity index is 1.73. The Bertz CT molecular complexity index is 904. The second-order valence-electron chi connectivity index (χ2n) is 5.87. The molecule has 0 aliphatic heterocycles. The maximum atomic E-state index is 5.91. The highest BCUT2D eigenvalue weighted by Gasteiger charge is 2.06. The minimum Gasteiger partial charge on any atom is -0.493 e. The monoisotopic (exact) mass is 409 g/mol. The van der Waals surface area contributed by atoms with E-state index in [1.54, 1.807) is 7.11 Å². The molecule has 4 heteroatoms. The Morgan fingerprint density at radius 1 is 0.962 bits per heavy atom. The van der Waals surface area contributed by atoms with Crippen LogP contribution in [0.2, 0.25) is 0 Å². The molecule has 0 N–H and O–H groups in total. The zero-order valence-corrected chi connectivity index (χ0v) is 16.4. The number of halogens is 1. The lowest BCUT2D eigenvalue weighted by Gasteiger charge is -2.11. The van der Waals surface area contributed by atoms with Gasteiger partial charge in [-0.15, -0.1) is 0 Å². The SMILES string of the molecule is COc1cc(C=Nc2ccccc2C)ccc1OCc1ccc(Br)cc1. The van der Waals surface area contributed by atoms with Gasteiger partial charge in [-0.1, -0.05) is 46.3 Å². The van der Waals surface area contributed by atoms with Crippen molar-refractivity contribution in [2.75, 3.05) is 7.11 Å². The highest BCUT2D eigenvalue weighted by Crippen LogP contribution is 2.29. The van der Waals surface area contributed by atoms with Crippen molar-refractivity contribution in [1.82, 2.24) is 0 Å². The molecule has 0 aliphatic rings. The van der Waals surface area contributed by atoms with E-state index in [1.165, 1.54) is 0 Å². The molecule has 0 bridgehead atoms. The standard InChI is InChI=1S/C22H20BrNO2/c1-16-5-3-4-6-20(16)24-14-18-9-12-21(22(13-18)25-2)26-15-17-7-10-19(23)11-8-17/h3-14H,15H2,1-2H3. The molecule has 0 amide bonds. The van der Waals surface area contributed by atoms with E-state index in [0.717, 1.165) is 26.9 Å². The third-order valence-electron chi connectivity index (χ3n) is 3.96. The molecule has 132 valence electrons. The van der Waals surface area contributed by atoms with Crippen LogP contribution >= 0.6 is 15.9 Å². The second kappa shape index (κ2) is 8.68. The van der Waals surface area contributed by atoms with Gasteiger partial charge in [0.05, 0.1) is 12.8 Å². The van der Waals surface area contributed by atoms with Gasteiger partial charge in [0.2, 0.25) is 0 Å². The molecule has 0 heterocycles. The van der Waals surface area contributed by atoms with Crippen molar-refractivity contribution in [2.24, 2.45) is 4.99 Å². The molecule has 0 spiro atoms. The van der Waals surface area contributed by atoms with Crippen molar-refractivity contribution in [3.63, 3.8) is 0 Å². The molecule has 0 saturated heterocycles. The fraction of sp³-hybridized carbons (Fsp3) is 0.136. The van der Waals surface area contributed by atoms with Crippen molar-refractivity contribution in [3.8, 4) is 11.5 Å². The van der Waals surface area contributed by atoms with Crippen LogP contribution in [0.15, 0.2) is 76.2 Å². The molecule has 3 rings (SSSR count). The van der Waals surface area contributed by atoms with Crippen molar-refractivity contribution >= 4 is 27.8 Å². The van der Waals surface area contributed by atoms with E-state index in [2.05, 4.69) is 20.9 Å². The van der Waals surface area contributed by atoms with Crippen LogP contribution in [0.3, 0.4) is 0 Å². The minimum absolute atomic E-state index is 0.486. The number of hydrogen-bond donors (Lipinski definition) is 0. The van der Waals surface area contributed by atoms with Crippen LogP contribution in [0.1, 0.15) is 16.7 Å². The largest absolute Gasteiger partial charge is 0.493 e. The lowest BCUT2D eigenvalue weighted by molar-refractivity contribution is 0.284. The third-order valence-corrected chi connectivity index (χ3v) is 4.49. The van der Waals surface area contributed by atoms with E-state index in [-0.39, 0.29) is 0 Å². The Morgan fingerprint density at radius 3 is 2.46 bits per heavy atom. The summed E-state index contributed by atoms with van der Waals surface area (Å²) in [5.41, 5.74) is 4.16. The van der Waals surface area contributed by atoms with Crippen molar-refractivity contribution in [3.05, 3.63) is 87.9 Å². The number of hydrogen-bond acceptors (Lipinski definition) is 3. The zero-order valence-electron chi connectivity index (χ0n) is 14.8. The number of methoxy groups -OCH3 is 1. The summed E-state index contributed by atoms with van der Waals surface area (Å²) < 4.78 is 12.4. The molecule has 0 aromatic heterocycles. The Labute approximate surface area is 162 Å². The summed E-state index contributed by atoms with van der Waals surface area (Å²) >= 11 is 3.44. The second-order valence-corrected chi connectivity index (χ2v) is 6.79. The van der Waals surface area contributed by atoms with Gasteiger partial charge in [0, 0.05) is 10.7 Å². The predicted octanol–water partition coefficient (Wildman–Crippen LogP) is 6.10. The van der Waals surface area contributed by atoms with Crippen LogP contribution in [-0.2, 0) is 6.61 Å². The number of ether oxygens (including phenoxy) is 2. The van der Waals surface area contributed by atoms with E-state index >= 15 is 0 Å². The van der Waals surface area contributed by atoms with Crippen molar-refractivity contribution in [2.45, 2.75) is 13.5 Å². The minimum atomic E-state index is 0.486. The Hall–Kier alpha value is -2.59. The summed E-state index contributed by atoms with van der Waals surface area (Å²) in [4.78, 5) is 4.56. The first-order valence-electron chi connectivity index (χ1n) is 8.30. The lowest BCUT2D eigenvalue weighted by Crippen LogP contribution is -1.98. The molecule has 3 aromatic rings. The molecule has 0 fully saturated rings. The van der Waals surface area contributed by atoms with Crippen LogP contribution < -0.4 is 9.47 Å². The summed E-state index contributed by atoms with van der Waals surface area (Å²) in [6.45, 7) is 2.53. The zero-order chi connectivity index (χ0) is 18.4. The fourth-order valence-electron chi connectivity index (χ4n) is 2.48. The summed E-state index contributed by atoms with van der Waals surface area (Å²) in [5.74, 6) is 1.40. The highest BCUT2D eigenvalue weighted by atomic mass is 79.9. The summed E-state index contributed by atoms with van der Waals surface area (Å²) in [7, 11) is 1.64. The quantitative estimate of drug-likeness (QED) is 0.460. The first-order valence-corrected chi connectivity index (χ1v) is 9.10. The van der Waals surface area contributed by atoms with E-state index in [0.29, 0.717) is 18.1 Å². The molecular formula is C22H20BrNO2. The average Bonchev–Trinajstić information content (AvgIpc) is 2.67. The number of para-hydroxylation sites is 1. The van der Waals surface area contributed by atoms with Crippen LogP contribution in [0.25, 0.3) is 0 Å². The molecule has 0 unspecified atom stereocenters. The topological polar surface area (TPSA) is 30.8 Å². The lowest BCUT2D eigenvalue weighted by atomic mass is 10.2. The molecule has 26 heavy (non-hydrogen) atoms. The molecule has 0 aliphatic carbocycles. The van der Waals surface area contributed by atoms with E-state index in [9.17, 15) is 0 Å². The van der Waals surface area contributed by atoms with Gasteiger partial charge in [0.1, 0.15) is 6.61 Å². The number of aryl methyl sites for hydroxylation is 1. The highest BCUT2D eigenvalue weighted by molar-refractivity contribution is 9.10. The van der Waals surface area contributed by atoms with Gasteiger partial charge in [0.15, 0.2) is 11.5 Å². The maximum Gasteiger partial charge on any atom is 0.161 e. The summed E-state index contributed by atoms with van der Waals surface area (Å²) in [5, 5.41) is 0. The van der Waals surface area contributed by atoms with Gasteiger partial charge >= 0.3 is 0 Å². The molecule has 3 aromatic carbocycles. The summed E-state index contributed by atoms with van der Waals surface area (Å²) in [6.07, 6.45) is 1.84. The van der Waals surface area contributed by atoms with Crippen LogP contribution in [0, 0.1) is 6.92 Å². The number of nitrogens with zero attached hydrogens (tertiary/aromatic N) is 1. The molecule has 0 saturated carbocycles. The van der Waals surface area contributed by atoms with Crippen molar-refractivity contribution < 1.29 is 9.47 Å². The molecule has 0 atom stereocenters. The first kappa shape index (κ1) is 18.2. The molecule has 0 radical (unpaired) electrons. The van der Waals surface area contributed by atoms with Crippen LogP contribution in [0.5, 0.6) is 11.5 Å². The molecular weight excluding hydrogens is 390 g/mol. The Morgan fingerprint density at radius 2 is 1.73 bits per heavy atom. The van der Waals surface area contributed by atoms with Gasteiger partial charge in [-0.25, -0.2) is 0 Å². The smallest absolute Gasteiger partial charge is 0.161 e. The van der Waals surface area contributed by atoms with Crippen LogP contribution in [-0.4, -0.2) is 13.3 Å². The number of benzene rings is 3. The Kier molecular flexibility index (Phi) is 6.08. The average molecular weight is 410 g/mol. The van der Waals surface area contributed by atoms with Gasteiger partial charge in [-0.3, -0.25) is 4.99 Å². The van der Waals surface area contributed by atoms with Crippen LogP contribution in [0.4, 0.5) is 5.69 Å². The van der Waals surface area contributed by atoms with Gasteiger partial charge in [-0.2, -0.15) is 0 Å². The number of aliphatic imine (C=N–C) groups is 1. The normalized spacial score (nSPS) is 10.9. The van der Waals surface area contributed by atoms with Gasteiger partial charge in [-0.05, 0) is 60.0 Å². The molecule has 3 nitrogen and oxygen atoms in total. The summed E-state index contributed by atoms with van der Waals surface area (Å²) in [6, 6.07) is 21.9. The maximum absolute atomic E-state index is 5.91. The first-order chi connectivity index (χ1) is 12.7. The van der Waals surface area contributed by atoms with E-state index < -0.39 is 0 Å². The fourth-order valence-corrected chi connectivity index (χ4v) is 2.74. The van der Waals surface area contributed by atoms with E-state index in [1.807, 2.05) is 79.9 Å². The van der Waals surface area contributed by atoms with Crippen molar-refractivity contribution in [1.29, 1.82) is 0 Å². The number of rotatable bonds is 6. The predicted molar refractivity (Wildman–Crippen MR) is 110 cm³/mol. The van der Waals surface area contributed by atoms with Gasteiger partial charge in [0.25, 0.3) is 0 Å². The van der Waals surface area contributed by atoms with E-state index in [4.69, 9.17) is 9.47 Å². The van der Waals surface area contributed by atoms with Gasteiger partial charge < -0.3 is 9.47 Å². The third kappa shape index (κ3) is 4.73.